The second-order valence-corrected chi connectivity index (χ2v) is 4.96. The quantitative estimate of drug-likeness (QED) is 0.783. The minimum absolute atomic E-state index is 0.0375. The molecule has 0 aliphatic carbocycles. The molecule has 2 aromatic rings. The van der Waals surface area contributed by atoms with Crippen LogP contribution in [0, 0.1) is 6.92 Å². The molecule has 1 aromatic heterocycles. The molecular formula is C17H19NO2. The highest BCUT2D eigenvalue weighted by Gasteiger charge is 2.09. The number of hydrogen-bond acceptors (Lipinski definition) is 2. The molecule has 0 spiro atoms. The highest BCUT2D eigenvalue weighted by molar-refractivity contribution is 5.95. The minimum Gasteiger partial charge on any atom is -0.305 e. The number of Topliss-reactive ketones (excluding diaryl/α,β-unsaturated/α-hetero) is 1. The SMILES string of the molecule is CCCc1ccc(C(=O)Cn2c(C)cccc2=O)cc1. The molecule has 104 valence electrons. The van der Waals surface area contributed by atoms with Crippen molar-refractivity contribution in [1.82, 2.24) is 4.57 Å². The summed E-state index contributed by atoms with van der Waals surface area (Å²) in [5.41, 5.74) is 2.55. The highest BCUT2D eigenvalue weighted by Crippen LogP contribution is 2.08. The van der Waals surface area contributed by atoms with Crippen LogP contribution >= 0.6 is 0 Å². The van der Waals surface area contributed by atoms with Crippen molar-refractivity contribution in [3.05, 3.63) is 69.6 Å². The molecule has 20 heavy (non-hydrogen) atoms. The number of carbonyl (C=O) groups is 1. The fourth-order valence-electron chi connectivity index (χ4n) is 2.21. The van der Waals surface area contributed by atoms with E-state index in [1.54, 1.807) is 6.07 Å². The van der Waals surface area contributed by atoms with Gasteiger partial charge in [0.15, 0.2) is 5.78 Å². The van der Waals surface area contributed by atoms with Crippen molar-refractivity contribution >= 4 is 5.78 Å². The van der Waals surface area contributed by atoms with E-state index < -0.39 is 0 Å². The summed E-state index contributed by atoms with van der Waals surface area (Å²) in [6.45, 7) is 4.06. The van der Waals surface area contributed by atoms with Gasteiger partial charge in [0, 0.05) is 17.3 Å². The molecule has 2 rings (SSSR count). The Morgan fingerprint density at radius 1 is 1.10 bits per heavy atom. The van der Waals surface area contributed by atoms with Gasteiger partial charge in [0.05, 0.1) is 6.54 Å². The predicted molar refractivity (Wildman–Crippen MR) is 80.2 cm³/mol. The van der Waals surface area contributed by atoms with Crippen LogP contribution in [-0.2, 0) is 13.0 Å². The molecule has 0 amide bonds. The van der Waals surface area contributed by atoms with Crippen LogP contribution in [0.1, 0.15) is 35.0 Å². The first kappa shape index (κ1) is 14.3. The van der Waals surface area contributed by atoms with Gasteiger partial charge in [-0.15, -0.1) is 0 Å². The van der Waals surface area contributed by atoms with Gasteiger partial charge in [-0.05, 0) is 25.0 Å². The lowest BCUT2D eigenvalue weighted by Gasteiger charge is -2.09. The Morgan fingerprint density at radius 2 is 1.80 bits per heavy atom. The number of aromatic nitrogens is 1. The Bertz CT molecular complexity index is 653. The maximum Gasteiger partial charge on any atom is 0.251 e. The summed E-state index contributed by atoms with van der Waals surface area (Å²) in [5.74, 6) is -0.0375. The Kier molecular flexibility index (Phi) is 4.51. The third-order valence-corrected chi connectivity index (χ3v) is 3.38. The number of benzene rings is 1. The predicted octanol–water partition coefficient (Wildman–Crippen LogP) is 2.99. The van der Waals surface area contributed by atoms with Crippen LogP contribution in [0.3, 0.4) is 0 Å². The average molecular weight is 269 g/mol. The largest absolute Gasteiger partial charge is 0.305 e. The summed E-state index contributed by atoms with van der Waals surface area (Å²) in [6, 6.07) is 12.7. The second kappa shape index (κ2) is 6.33. The van der Waals surface area contributed by atoms with Gasteiger partial charge < -0.3 is 4.57 Å². The molecule has 0 saturated heterocycles. The van der Waals surface area contributed by atoms with E-state index in [4.69, 9.17) is 0 Å². The molecule has 0 radical (unpaired) electrons. The van der Waals surface area contributed by atoms with Crippen molar-refractivity contribution in [3.63, 3.8) is 0 Å². The van der Waals surface area contributed by atoms with Crippen LogP contribution in [-0.4, -0.2) is 10.4 Å². The van der Waals surface area contributed by atoms with Gasteiger partial charge in [0.2, 0.25) is 0 Å². The maximum atomic E-state index is 12.2. The zero-order valence-electron chi connectivity index (χ0n) is 11.9. The van der Waals surface area contributed by atoms with Crippen LogP contribution in [0.25, 0.3) is 0 Å². The Hall–Kier alpha value is -2.16. The number of hydrogen-bond donors (Lipinski definition) is 0. The minimum atomic E-state index is -0.138. The fraction of sp³-hybridized carbons (Fsp3) is 0.294. The van der Waals surface area contributed by atoms with E-state index in [9.17, 15) is 9.59 Å². The molecule has 0 aliphatic heterocycles. The number of pyridine rings is 1. The molecule has 1 heterocycles. The molecule has 0 fully saturated rings. The summed E-state index contributed by atoms with van der Waals surface area (Å²) in [7, 11) is 0. The first-order chi connectivity index (χ1) is 9.61. The molecule has 3 heteroatoms. The normalized spacial score (nSPS) is 10.5. The molecule has 0 bridgehead atoms. The average Bonchev–Trinajstić information content (AvgIpc) is 2.44. The fourth-order valence-corrected chi connectivity index (χ4v) is 2.21. The van der Waals surface area contributed by atoms with Gasteiger partial charge in [-0.25, -0.2) is 0 Å². The Morgan fingerprint density at radius 3 is 2.40 bits per heavy atom. The Labute approximate surface area is 118 Å². The van der Waals surface area contributed by atoms with Crippen molar-refractivity contribution in [2.45, 2.75) is 33.2 Å². The van der Waals surface area contributed by atoms with E-state index in [0.717, 1.165) is 18.5 Å². The monoisotopic (exact) mass is 269 g/mol. The van der Waals surface area contributed by atoms with Crippen LogP contribution in [0.2, 0.25) is 0 Å². The molecule has 0 aliphatic rings. The summed E-state index contributed by atoms with van der Waals surface area (Å²) < 4.78 is 1.50. The van der Waals surface area contributed by atoms with Crippen molar-refractivity contribution in [3.8, 4) is 0 Å². The van der Waals surface area contributed by atoms with Gasteiger partial charge in [-0.2, -0.15) is 0 Å². The van der Waals surface area contributed by atoms with Crippen molar-refractivity contribution in [2.75, 3.05) is 0 Å². The number of aryl methyl sites for hydroxylation is 2. The third kappa shape index (κ3) is 3.23. The molecule has 0 saturated carbocycles. The smallest absolute Gasteiger partial charge is 0.251 e. The molecule has 0 atom stereocenters. The molecule has 0 unspecified atom stereocenters. The number of nitrogens with zero attached hydrogens (tertiary/aromatic N) is 1. The number of carbonyl (C=O) groups excluding carboxylic acids is 1. The second-order valence-electron chi connectivity index (χ2n) is 4.96. The standard InChI is InChI=1S/C17H19NO2/c1-3-5-14-8-10-15(11-9-14)16(19)12-18-13(2)6-4-7-17(18)20/h4,6-11H,3,5,12H2,1-2H3. The van der Waals surface area contributed by atoms with E-state index >= 15 is 0 Å². The summed E-state index contributed by atoms with van der Waals surface area (Å²) >= 11 is 0. The van der Waals surface area contributed by atoms with E-state index in [1.807, 2.05) is 37.3 Å². The van der Waals surface area contributed by atoms with Gasteiger partial charge in [-0.1, -0.05) is 43.7 Å². The topological polar surface area (TPSA) is 39.1 Å². The summed E-state index contributed by atoms with van der Waals surface area (Å²) in [5, 5.41) is 0. The molecule has 3 nitrogen and oxygen atoms in total. The highest BCUT2D eigenvalue weighted by atomic mass is 16.1. The van der Waals surface area contributed by atoms with E-state index in [-0.39, 0.29) is 17.9 Å². The van der Waals surface area contributed by atoms with Crippen LogP contribution in [0.15, 0.2) is 47.3 Å². The summed E-state index contributed by atoms with van der Waals surface area (Å²) in [4.78, 5) is 24.0. The zero-order valence-corrected chi connectivity index (χ0v) is 11.9. The van der Waals surface area contributed by atoms with E-state index in [0.29, 0.717) is 5.56 Å². The summed E-state index contributed by atoms with van der Waals surface area (Å²) in [6.07, 6.45) is 2.11. The molecular weight excluding hydrogens is 250 g/mol. The molecule has 1 aromatic carbocycles. The van der Waals surface area contributed by atoms with E-state index in [2.05, 4.69) is 6.92 Å². The lowest BCUT2D eigenvalue weighted by atomic mass is 10.1. The maximum absolute atomic E-state index is 12.2. The number of rotatable bonds is 5. The first-order valence-corrected chi connectivity index (χ1v) is 6.90. The third-order valence-electron chi connectivity index (χ3n) is 3.38. The first-order valence-electron chi connectivity index (χ1n) is 6.90. The lowest BCUT2D eigenvalue weighted by Crippen LogP contribution is -2.25. The number of ketones is 1. The molecule has 0 N–H and O–H groups in total. The van der Waals surface area contributed by atoms with Crippen molar-refractivity contribution < 1.29 is 4.79 Å². The van der Waals surface area contributed by atoms with Crippen LogP contribution in [0.4, 0.5) is 0 Å². The van der Waals surface area contributed by atoms with Gasteiger partial charge in [0.25, 0.3) is 5.56 Å². The van der Waals surface area contributed by atoms with Crippen LogP contribution < -0.4 is 5.56 Å². The lowest BCUT2D eigenvalue weighted by molar-refractivity contribution is 0.0970. The van der Waals surface area contributed by atoms with E-state index in [1.165, 1.54) is 16.2 Å². The Balaban J connectivity index is 2.18. The van der Waals surface area contributed by atoms with Crippen molar-refractivity contribution in [1.29, 1.82) is 0 Å². The van der Waals surface area contributed by atoms with Crippen LogP contribution in [0.5, 0.6) is 0 Å². The van der Waals surface area contributed by atoms with Gasteiger partial charge >= 0.3 is 0 Å². The van der Waals surface area contributed by atoms with Gasteiger partial charge in [0.1, 0.15) is 0 Å². The van der Waals surface area contributed by atoms with Crippen molar-refractivity contribution in [2.24, 2.45) is 0 Å². The van der Waals surface area contributed by atoms with Gasteiger partial charge in [-0.3, -0.25) is 9.59 Å². The zero-order chi connectivity index (χ0) is 14.5.